The molecule has 0 unspecified atom stereocenters. The lowest BCUT2D eigenvalue weighted by molar-refractivity contribution is -0.384. The summed E-state index contributed by atoms with van der Waals surface area (Å²) in [6, 6.07) is 4.22. The fourth-order valence-corrected chi connectivity index (χ4v) is 2.41. The molecule has 1 aromatic rings. The fraction of sp³-hybridized carbons (Fsp3) is 0.462. The molecule has 1 aliphatic rings. The second-order valence-corrected chi connectivity index (χ2v) is 4.86. The predicted molar refractivity (Wildman–Crippen MR) is 76.8 cm³/mol. The molecule has 114 valence electrons. The van der Waals surface area contributed by atoms with Crippen molar-refractivity contribution in [2.24, 2.45) is 5.84 Å². The second-order valence-electron chi connectivity index (χ2n) is 4.86. The number of nitrogens with one attached hydrogen (secondary N) is 1. The van der Waals surface area contributed by atoms with Crippen LogP contribution in [0.3, 0.4) is 0 Å². The van der Waals surface area contributed by atoms with Gasteiger partial charge >= 0.3 is 0 Å². The third kappa shape index (κ3) is 3.29. The van der Waals surface area contributed by atoms with E-state index in [4.69, 9.17) is 10.6 Å². The van der Waals surface area contributed by atoms with E-state index < -0.39 is 4.92 Å². The van der Waals surface area contributed by atoms with Gasteiger partial charge in [0.15, 0.2) is 0 Å². The van der Waals surface area contributed by atoms with Crippen LogP contribution in [0.4, 0.5) is 11.4 Å². The van der Waals surface area contributed by atoms with Crippen LogP contribution in [0.25, 0.3) is 0 Å². The number of likely N-dealkylation sites (tertiary alicyclic amines) is 1. The highest BCUT2D eigenvalue weighted by atomic mass is 16.6. The lowest BCUT2D eigenvalue weighted by Crippen LogP contribution is -2.40. The van der Waals surface area contributed by atoms with E-state index in [2.05, 4.69) is 5.43 Å². The molecule has 0 bridgehead atoms. The minimum atomic E-state index is -0.566. The van der Waals surface area contributed by atoms with Crippen molar-refractivity contribution in [3.63, 3.8) is 0 Å². The quantitative estimate of drug-likeness (QED) is 0.489. The number of amides is 1. The highest BCUT2D eigenvalue weighted by molar-refractivity contribution is 5.95. The molecular weight excluding hydrogens is 276 g/mol. The molecule has 8 nitrogen and oxygen atoms in total. The average Bonchev–Trinajstić information content (AvgIpc) is 2.53. The summed E-state index contributed by atoms with van der Waals surface area (Å²) < 4.78 is 5.26. The number of rotatable bonds is 4. The number of nitrogens with two attached hydrogens (primary N) is 1. The van der Waals surface area contributed by atoms with Gasteiger partial charge in [-0.25, -0.2) is 0 Å². The van der Waals surface area contributed by atoms with Crippen molar-refractivity contribution in [2.75, 3.05) is 25.6 Å². The van der Waals surface area contributed by atoms with Crippen LogP contribution in [-0.2, 0) is 4.74 Å². The van der Waals surface area contributed by atoms with Gasteiger partial charge < -0.3 is 15.1 Å². The van der Waals surface area contributed by atoms with Gasteiger partial charge in [0.1, 0.15) is 5.69 Å². The number of hydrogen-bond donors (Lipinski definition) is 2. The zero-order valence-corrected chi connectivity index (χ0v) is 11.7. The summed E-state index contributed by atoms with van der Waals surface area (Å²) in [4.78, 5) is 24.5. The zero-order valence-electron chi connectivity index (χ0n) is 11.7. The van der Waals surface area contributed by atoms with Crippen LogP contribution < -0.4 is 11.3 Å². The highest BCUT2D eigenvalue weighted by Gasteiger charge is 2.25. The van der Waals surface area contributed by atoms with Crippen molar-refractivity contribution >= 4 is 17.3 Å². The van der Waals surface area contributed by atoms with Crippen LogP contribution in [0.1, 0.15) is 23.2 Å². The SMILES string of the molecule is COC1CCN(C(=O)c2ccc(NN)c([N+](=O)[O-])c2)CC1. The molecule has 1 aliphatic heterocycles. The van der Waals surface area contributed by atoms with Crippen molar-refractivity contribution in [3.05, 3.63) is 33.9 Å². The molecule has 0 aromatic heterocycles. The van der Waals surface area contributed by atoms with Crippen molar-refractivity contribution in [2.45, 2.75) is 18.9 Å². The van der Waals surface area contributed by atoms with Gasteiger partial charge in [-0.3, -0.25) is 20.8 Å². The van der Waals surface area contributed by atoms with E-state index in [1.165, 1.54) is 18.2 Å². The largest absolute Gasteiger partial charge is 0.381 e. The fourth-order valence-electron chi connectivity index (χ4n) is 2.41. The Labute approximate surface area is 122 Å². The third-order valence-electron chi connectivity index (χ3n) is 3.66. The van der Waals surface area contributed by atoms with Gasteiger partial charge in [-0.05, 0) is 25.0 Å². The number of benzene rings is 1. The molecule has 1 amide bonds. The van der Waals surface area contributed by atoms with E-state index in [1.54, 1.807) is 12.0 Å². The molecule has 1 fully saturated rings. The first-order valence-corrected chi connectivity index (χ1v) is 6.64. The van der Waals surface area contributed by atoms with Crippen LogP contribution in [0.2, 0.25) is 0 Å². The first kappa shape index (κ1) is 15.2. The number of hydrazine groups is 1. The molecule has 0 radical (unpaired) electrons. The van der Waals surface area contributed by atoms with E-state index in [1.807, 2.05) is 0 Å². The van der Waals surface area contributed by atoms with Crippen molar-refractivity contribution in [1.29, 1.82) is 0 Å². The van der Waals surface area contributed by atoms with Gasteiger partial charge in [-0.2, -0.15) is 0 Å². The van der Waals surface area contributed by atoms with Crippen LogP contribution in [0.15, 0.2) is 18.2 Å². The zero-order chi connectivity index (χ0) is 15.4. The number of carbonyl (C=O) groups is 1. The molecular formula is C13H18N4O4. The summed E-state index contributed by atoms with van der Waals surface area (Å²) >= 11 is 0. The standard InChI is InChI=1S/C13H18N4O4/c1-21-10-4-6-16(7-5-10)13(18)9-2-3-11(15-14)12(8-9)17(19)20/h2-3,8,10,15H,4-7,14H2,1H3. The molecule has 8 heteroatoms. The summed E-state index contributed by atoms with van der Waals surface area (Å²) in [5, 5.41) is 11.0. The maximum atomic E-state index is 12.4. The molecule has 1 heterocycles. The lowest BCUT2D eigenvalue weighted by atomic mass is 10.1. The van der Waals surface area contributed by atoms with Gasteiger partial charge in [0.2, 0.25) is 0 Å². The number of anilines is 1. The number of nitrogen functional groups attached to an aromatic ring is 1. The van der Waals surface area contributed by atoms with E-state index in [-0.39, 0.29) is 28.9 Å². The maximum absolute atomic E-state index is 12.4. The summed E-state index contributed by atoms with van der Waals surface area (Å²) in [6.45, 7) is 1.17. The minimum absolute atomic E-state index is 0.173. The summed E-state index contributed by atoms with van der Waals surface area (Å²) in [5.41, 5.74) is 2.50. The molecule has 0 saturated carbocycles. The van der Waals surface area contributed by atoms with Crippen LogP contribution in [-0.4, -0.2) is 42.0 Å². The Morgan fingerprint density at radius 1 is 1.48 bits per heavy atom. The van der Waals surface area contributed by atoms with E-state index >= 15 is 0 Å². The number of piperidine rings is 1. The van der Waals surface area contributed by atoms with Crippen molar-refractivity contribution < 1.29 is 14.5 Å². The van der Waals surface area contributed by atoms with Crippen molar-refractivity contribution in [1.82, 2.24) is 4.90 Å². The minimum Gasteiger partial charge on any atom is -0.381 e. The number of nitro groups is 1. The summed E-state index contributed by atoms with van der Waals surface area (Å²) in [5.74, 6) is 5.01. The number of nitro benzene ring substituents is 1. The van der Waals surface area contributed by atoms with Gasteiger partial charge in [0, 0.05) is 31.8 Å². The Balaban J connectivity index is 2.16. The average molecular weight is 294 g/mol. The van der Waals surface area contributed by atoms with Gasteiger partial charge in [-0.15, -0.1) is 0 Å². The van der Waals surface area contributed by atoms with Crippen LogP contribution >= 0.6 is 0 Å². The van der Waals surface area contributed by atoms with Crippen LogP contribution in [0, 0.1) is 10.1 Å². The molecule has 0 atom stereocenters. The predicted octanol–water partition coefficient (Wildman–Crippen LogP) is 1.13. The summed E-state index contributed by atoms with van der Waals surface area (Å²) in [6.07, 6.45) is 1.71. The van der Waals surface area contributed by atoms with Crippen molar-refractivity contribution in [3.8, 4) is 0 Å². The summed E-state index contributed by atoms with van der Waals surface area (Å²) in [7, 11) is 1.66. The molecule has 0 spiro atoms. The Morgan fingerprint density at radius 3 is 2.67 bits per heavy atom. The normalized spacial score (nSPS) is 15.8. The number of carbonyl (C=O) groups excluding carboxylic acids is 1. The molecule has 3 N–H and O–H groups in total. The molecule has 1 aromatic carbocycles. The van der Waals surface area contributed by atoms with E-state index in [9.17, 15) is 14.9 Å². The topological polar surface area (TPSA) is 111 Å². The maximum Gasteiger partial charge on any atom is 0.294 e. The first-order valence-electron chi connectivity index (χ1n) is 6.64. The second kappa shape index (κ2) is 6.51. The van der Waals surface area contributed by atoms with Crippen LogP contribution in [0.5, 0.6) is 0 Å². The van der Waals surface area contributed by atoms with Gasteiger partial charge in [0.25, 0.3) is 11.6 Å². The molecule has 2 rings (SSSR count). The first-order chi connectivity index (χ1) is 10.1. The Kier molecular flexibility index (Phi) is 4.71. The number of ether oxygens (including phenoxy) is 1. The molecule has 0 aliphatic carbocycles. The van der Waals surface area contributed by atoms with E-state index in [0.717, 1.165) is 12.8 Å². The van der Waals surface area contributed by atoms with E-state index in [0.29, 0.717) is 13.1 Å². The monoisotopic (exact) mass is 294 g/mol. The lowest BCUT2D eigenvalue weighted by Gasteiger charge is -2.31. The number of nitrogens with zero attached hydrogens (tertiary/aromatic N) is 2. The third-order valence-corrected chi connectivity index (χ3v) is 3.66. The van der Waals surface area contributed by atoms with Gasteiger partial charge in [0.05, 0.1) is 11.0 Å². The number of methoxy groups -OCH3 is 1. The Morgan fingerprint density at radius 2 is 2.14 bits per heavy atom. The Hall–Kier alpha value is -2.19. The molecule has 1 saturated heterocycles. The molecule has 21 heavy (non-hydrogen) atoms. The Bertz CT molecular complexity index is 541. The smallest absolute Gasteiger partial charge is 0.294 e. The number of hydrogen-bond acceptors (Lipinski definition) is 6. The highest BCUT2D eigenvalue weighted by Crippen LogP contribution is 2.26. The van der Waals surface area contributed by atoms with Gasteiger partial charge in [-0.1, -0.05) is 0 Å².